The van der Waals surface area contributed by atoms with Gasteiger partial charge in [-0.3, -0.25) is 5.10 Å². The average molecular weight is 266 g/mol. The predicted octanol–water partition coefficient (Wildman–Crippen LogP) is 2.01. The van der Waals surface area contributed by atoms with Crippen LogP contribution in [0.1, 0.15) is 0 Å². The Hall–Kier alpha value is -2.96. The number of rotatable bonds is 2. The summed E-state index contributed by atoms with van der Waals surface area (Å²) in [6.07, 6.45) is 3.52. The number of aromatic amines is 1. The summed E-state index contributed by atoms with van der Waals surface area (Å²) in [5, 5.41) is 12.1. The number of benzene rings is 1. The summed E-state index contributed by atoms with van der Waals surface area (Å²) in [5.41, 5.74) is 2.25. The first-order valence-corrected chi connectivity index (χ1v) is 6.07. The molecule has 1 aromatic carbocycles. The number of nitrogens with one attached hydrogen (secondary N) is 1. The Morgan fingerprint density at radius 1 is 1.25 bits per heavy atom. The van der Waals surface area contributed by atoms with Gasteiger partial charge in [0.15, 0.2) is 5.69 Å². The van der Waals surface area contributed by atoms with E-state index in [-0.39, 0.29) is 0 Å². The van der Waals surface area contributed by atoms with Gasteiger partial charge in [0.25, 0.3) is 5.89 Å². The zero-order valence-corrected chi connectivity index (χ0v) is 10.6. The van der Waals surface area contributed by atoms with E-state index in [1.807, 2.05) is 42.1 Å². The Labute approximate surface area is 113 Å². The summed E-state index contributed by atoms with van der Waals surface area (Å²) in [7, 11) is 1.89. The van der Waals surface area contributed by atoms with Gasteiger partial charge in [-0.2, -0.15) is 10.1 Å². The fourth-order valence-electron chi connectivity index (χ4n) is 2.08. The smallest absolute Gasteiger partial charge is 0.279 e. The summed E-state index contributed by atoms with van der Waals surface area (Å²) < 4.78 is 7.12. The molecule has 0 fully saturated rings. The van der Waals surface area contributed by atoms with E-state index in [4.69, 9.17) is 4.52 Å². The Kier molecular flexibility index (Phi) is 2.19. The molecule has 0 bridgehead atoms. The number of H-pyrrole nitrogens is 1. The number of aryl methyl sites for hydroxylation is 1. The monoisotopic (exact) mass is 266 g/mol. The van der Waals surface area contributed by atoms with Gasteiger partial charge in [-0.1, -0.05) is 23.4 Å². The third kappa shape index (κ3) is 1.60. The number of hydrogen-bond donors (Lipinski definition) is 1. The highest BCUT2D eigenvalue weighted by atomic mass is 16.5. The second kappa shape index (κ2) is 4.02. The molecule has 98 valence electrons. The fourth-order valence-corrected chi connectivity index (χ4v) is 2.08. The third-order valence-corrected chi connectivity index (χ3v) is 3.03. The normalized spacial score (nSPS) is 11.2. The maximum atomic E-state index is 5.29. The second-order valence-corrected chi connectivity index (χ2v) is 4.47. The lowest BCUT2D eigenvalue weighted by atomic mass is 10.2. The highest BCUT2D eigenvalue weighted by Crippen LogP contribution is 2.26. The maximum absolute atomic E-state index is 5.29. The summed E-state index contributed by atoms with van der Waals surface area (Å²) >= 11 is 0. The van der Waals surface area contributed by atoms with E-state index in [1.54, 1.807) is 6.33 Å². The molecule has 0 aliphatic heterocycles. The van der Waals surface area contributed by atoms with E-state index in [0.29, 0.717) is 23.1 Å². The molecule has 0 saturated heterocycles. The van der Waals surface area contributed by atoms with Crippen LogP contribution < -0.4 is 0 Å². The lowest BCUT2D eigenvalue weighted by Crippen LogP contribution is -1.82. The van der Waals surface area contributed by atoms with Crippen molar-refractivity contribution < 1.29 is 4.52 Å². The standard InChI is InChI=1S/C13H10N6O/c1-19-6-10(14-7-19)12-15-13(20-18-12)11-8-4-2-3-5-9(8)16-17-11/h2-7H,1H3,(H,16,17). The Morgan fingerprint density at radius 2 is 2.15 bits per heavy atom. The Bertz CT molecular complexity index is 887. The van der Waals surface area contributed by atoms with E-state index in [0.717, 1.165) is 10.9 Å². The highest BCUT2D eigenvalue weighted by molar-refractivity contribution is 5.90. The Balaban J connectivity index is 1.82. The molecule has 7 heteroatoms. The molecule has 0 amide bonds. The van der Waals surface area contributed by atoms with E-state index in [1.165, 1.54) is 0 Å². The minimum absolute atomic E-state index is 0.378. The van der Waals surface area contributed by atoms with Crippen molar-refractivity contribution in [2.45, 2.75) is 0 Å². The fraction of sp³-hybridized carbons (Fsp3) is 0.0769. The van der Waals surface area contributed by atoms with E-state index in [2.05, 4.69) is 25.3 Å². The molecule has 3 aromatic heterocycles. The van der Waals surface area contributed by atoms with E-state index < -0.39 is 0 Å². The first kappa shape index (κ1) is 10.9. The van der Waals surface area contributed by atoms with Crippen LogP contribution in [-0.4, -0.2) is 29.9 Å². The average Bonchev–Trinajstić information content (AvgIpc) is 3.15. The molecular weight excluding hydrogens is 256 g/mol. The zero-order valence-electron chi connectivity index (χ0n) is 10.6. The van der Waals surface area contributed by atoms with E-state index in [9.17, 15) is 0 Å². The summed E-state index contributed by atoms with van der Waals surface area (Å²) in [6.45, 7) is 0. The van der Waals surface area contributed by atoms with Gasteiger partial charge in [0.1, 0.15) is 5.69 Å². The summed E-state index contributed by atoms with van der Waals surface area (Å²) in [6, 6.07) is 7.79. The first-order valence-electron chi connectivity index (χ1n) is 6.07. The lowest BCUT2D eigenvalue weighted by Gasteiger charge is -1.88. The third-order valence-electron chi connectivity index (χ3n) is 3.03. The molecule has 4 rings (SSSR count). The van der Waals surface area contributed by atoms with Gasteiger partial charge in [-0.15, -0.1) is 0 Å². The minimum atomic E-state index is 0.378. The van der Waals surface area contributed by atoms with Crippen LogP contribution in [0.25, 0.3) is 34.0 Å². The van der Waals surface area contributed by atoms with Crippen molar-refractivity contribution in [3.05, 3.63) is 36.8 Å². The molecule has 7 nitrogen and oxygen atoms in total. The molecular formula is C13H10N6O. The number of hydrogen-bond acceptors (Lipinski definition) is 5. The number of nitrogens with zero attached hydrogens (tertiary/aromatic N) is 5. The predicted molar refractivity (Wildman–Crippen MR) is 71.6 cm³/mol. The number of aromatic nitrogens is 6. The van der Waals surface area contributed by atoms with Crippen molar-refractivity contribution in [1.29, 1.82) is 0 Å². The van der Waals surface area contributed by atoms with Crippen LogP contribution in [0, 0.1) is 0 Å². The molecule has 0 spiro atoms. The van der Waals surface area contributed by atoms with Gasteiger partial charge in [-0.05, 0) is 6.07 Å². The van der Waals surface area contributed by atoms with Gasteiger partial charge in [0.05, 0.1) is 11.8 Å². The molecule has 0 saturated carbocycles. The van der Waals surface area contributed by atoms with Crippen LogP contribution in [0.4, 0.5) is 0 Å². The maximum Gasteiger partial charge on any atom is 0.279 e. The van der Waals surface area contributed by atoms with E-state index >= 15 is 0 Å². The molecule has 0 aliphatic rings. The zero-order chi connectivity index (χ0) is 13.5. The van der Waals surface area contributed by atoms with Crippen molar-refractivity contribution in [2.75, 3.05) is 0 Å². The van der Waals surface area contributed by atoms with Crippen molar-refractivity contribution in [3.8, 4) is 23.1 Å². The minimum Gasteiger partial charge on any atom is -0.340 e. The molecule has 0 atom stereocenters. The highest BCUT2D eigenvalue weighted by Gasteiger charge is 2.16. The van der Waals surface area contributed by atoms with Crippen molar-refractivity contribution >= 4 is 10.9 Å². The van der Waals surface area contributed by atoms with Gasteiger partial charge < -0.3 is 9.09 Å². The van der Waals surface area contributed by atoms with Crippen LogP contribution >= 0.6 is 0 Å². The number of fused-ring (bicyclic) bond motifs is 1. The SMILES string of the molecule is Cn1cnc(-c2noc(-c3n[nH]c4ccccc34)n2)c1. The number of imidazole rings is 1. The molecule has 0 radical (unpaired) electrons. The van der Waals surface area contributed by atoms with Crippen LogP contribution in [0.5, 0.6) is 0 Å². The van der Waals surface area contributed by atoms with Gasteiger partial charge in [-0.25, -0.2) is 4.98 Å². The molecule has 0 unspecified atom stereocenters. The lowest BCUT2D eigenvalue weighted by molar-refractivity contribution is 0.431. The van der Waals surface area contributed by atoms with Gasteiger partial charge in [0.2, 0.25) is 5.82 Å². The molecule has 3 heterocycles. The largest absolute Gasteiger partial charge is 0.340 e. The summed E-state index contributed by atoms with van der Waals surface area (Å²) in [5.74, 6) is 0.829. The van der Waals surface area contributed by atoms with Gasteiger partial charge in [0, 0.05) is 18.6 Å². The molecule has 20 heavy (non-hydrogen) atoms. The first-order chi connectivity index (χ1) is 9.81. The van der Waals surface area contributed by atoms with Crippen LogP contribution in [0.15, 0.2) is 41.3 Å². The van der Waals surface area contributed by atoms with Crippen molar-refractivity contribution in [2.24, 2.45) is 7.05 Å². The van der Waals surface area contributed by atoms with Crippen LogP contribution in [0.2, 0.25) is 0 Å². The Morgan fingerprint density at radius 3 is 3.00 bits per heavy atom. The molecule has 4 aromatic rings. The van der Waals surface area contributed by atoms with Gasteiger partial charge >= 0.3 is 0 Å². The van der Waals surface area contributed by atoms with Crippen molar-refractivity contribution in [3.63, 3.8) is 0 Å². The van der Waals surface area contributed by atoms with Crippen LogP contribution in [-0.2, 0) is 7.05 Å². The second-order valence-electron chi connectivity index (χ2n) is 4.47. The van der Waals surface area contributed by atoms with Crippen LogP contribution in [0.3, 0.4) is 0 Å². The number of para-hydroxylation sites is 1. The quantitative estimate of drug-likeness (QED) is 0.600. The van der Waals surface area contributed by atoms with Crippen molar-refractivity contribution in [1.82, 2.24) is 29.9 Å². The molecule has 1 N–H and O–H groups in total. The molecule has 0 aliphatic carbocycles. The topological polar surface area (TPSA) is 85.4 Å². The summed E-state index contributed by atoms with van der Waals surface area (Å²) in [4.78, 5) is 8.54.